The number of fused-ring (bicyclic) bond motifs is 1. The first-order valence-corrected chi connectivity index (χ1v) is 8.49. The Labute approximate surface area is 160 Å². The van der Waals surface area contributed by atoms with Crippen LogP contribution in [0.3, 0.4) is 0 Å². The molecular weight excluding hydrogens is 368 g/mol. The average Bonchev–Trinajstić information content (AvgIpc) is 2.68. The number of nitrogens with one attached hydrogen (secondary N) is 2. The van der Waals surface area contributed by atoms with Crippen molar-refractivity contribution in [1.82, 2.24) is 5.32 Å². The number of hydrogen-bond acceptors (Lipinski definition) is 4. The van der Waals surface area contributed by atoms with Gasteiger partial charge in [0.25, 0.3) is 0 Å². The summed E-state index contributed by atoms with van der Waals surface area (Å²) >= 11 is 5.83. The van der Waals surface area contributed by atoms with Crippen molar-refractivity contribution in [3.05, 3.63) is 65.2 Å². The molecule has 7 heteroatoms. The van der Waals surface area contributed by atoms with Gasteiger partial charge >= 0.3 is 11.8 Å². The van der Waals surface area contributed by atoms with Gasteiger partial charge in [0.1, 0.15) is 11.5 Å². The Hall–Kier alpha value is -3.25. The molecule has 0 saturated heterocycles. The molecule has 0 aliphatic rings. The third-order valence-corrected chi connectivity index (χ3v) is 4.29. The van der Waals surface area contributed by atoms with Crippen LogP contribution in [0, 0.1) is 0 Å². The van der Waals surface area contributed by atoms with Crippen molar-refractivity contribution in [3.63, 3.8) is 0 Å². The summed E-state index contributed by atoms with van der Waals surface area (Å²) in [6.45, 7) is 0.109. The number of rotatable bonds is 4. The fraction of sp³-hybridized carbons (Fsp3) is 0.100. The Kier molecular flexibility index (Phi) is 5.47. The van der Waals surface area contributed by atoms with E-state index in [9.17, 15) is 14.7 Å². The van der Waals surface area contributed by atoms with Gasteiger partial charge in [0.05, 0.1) is 12.8 Å². The molecule has 0 saturated carbocycles. The lowest BCUT2D eigenvalue weighted by Crippen LogP contribution is -2.35. The fourth-order valence-corrected chi connectivity index (χ4v) is 2.90. The highest BCUT2D eigenvalue weighted by Gasteiger charge is 2.17. The highest BCUT2D eigenvalue weighted by atomic mass is 35.5. The minimum atomic E-state index is -0.910. The summed E-state index contributed by atoms with van der Waals surface area (Å²) in [5.74, 6) is -1.32. The van der Waals surface area contributed by atoms with Gasteiger partial charge in [-0.1, -0.05) is 41.9 Å². The maximum atomic E-state index is 12.2. The van der Waals surface area contributed by atoms with Gasteiger partial charge in [-0.2, -0.15) is 0 Å². The second kappa shape index (κ2) is 7.97. The summed E-state index contributed by atoms with van der Waals surface area (Å²) in [5, 5.41) is 16.9. The zero-order valence-electron chi connectivity index (χ0n) is 14.5. The van der Waals surface area contributed by atoms with Crippen LogP contribution in [0.4, 0.5) is 5.69 Å². The predicted molar refractivity (Wildman–Crippen MR) is 104 cm³/mol. The van der Waals surface area contributed by atoms with E-state index in [0.717, 1.165) is 16.3 Å². The summed E-state index contributed by atoms with van der Waals surface area (Å²) in [4.78, 5) is 24.3. The number of phenolic OH excluding ortho intramolecular Hbond substituents is 1. The maximum absolute atomic E-state index is 12.2. The molecule has 6 nitrogen and oxygen atoms in total. The van der Waals surface area contributed by atoms with E-state index < -0.39 is 11.8 Å². The van der Waals surface area contributed by atoms with Crippen molar-refractivity contribution in [3.8, 4) is 11.5 Å². The molecule has 0 aliphatic carbocycles. The molecule has 0 bridgehead atoms. The molecule has 2 amide bonds. The van der Waals surface area contributed by atoms with Crippen LogP contribution in [-0.4, -0.2) is 24.0 Å². The van der Waals surface area contributed by atoms with Gasteiger partial charge in [-0.15, -0.1) is 0 Å². The Balaban J connectivity index is 1.75. The third-order valence-electron chi connectivity index (χ3n) is 4.06. The highest BCUT2D eigenvalue weighted by molar-refractivity contribution is 6.40. The van der Waals surface area contributed by atoms with Gasteiger partial charge in [0.2, 0.25) is 0 Å². The highest BCUT2D eigenvalue weighted by Crippen LogP contribution is 2.28. The van der Waals surface area contributed by atoms with Gasteiger partial charge in [-0.25, -0.2) is 0 Å². The van der Waals surface area contributed by atoms with Crippen LogP contribution < -0.4 is 15.4 Å². The number of phenols is 1. The summed E-state index contributed by atoms with van der Waals surface area (Å²) in [7, 11) is 1.55. The Morgan fingerprint density at radius 3 is 2.63 bits per heavy atom. The molecule has 27 heavy (non-hydrogen) atoms. The van der Waals surface area contributed by atoms with Crippen LogP contribution in [0.5, 0.6) is 11.5 Å². The molecule has 3 aromatic rings. The standard InChI is InChI=1S/C20H17ClN2O4/c1-27-18-9-6-12-4-2-3-5-14(12)15(18)11-22-19(25)20(26)23-16-10-13(21)7-8-17(16)24/h2-10,24H,11H2,1H3,(H,22,25)(H,23,26). The topological polar surface area (TPSA) is 87.7 Å². The lowest BCUT2D eigenvalue weighted by Gasteiger charge is -2.13. The molecule has 0 radical (unpaired) electrons. The number of aromatic hydroxyl groups is 1. The van der Waals surface area contributed by atoms with Crippen LogP contribution in [0.15, 0.2) is 54.6 Å². The molecule has 3 N–H and O–H groups in total. The Morgan fingerprint density at radius 2 is 1.85 bits per heavy atom. The van der Waals surface area contributed by atoms with Crippen molar-refractivity contribution < 1.29 is 19.4 Å². The third kappa shape index (κ3) is 4.12. The lowest BCUT2D eigenvalue weighted by molar-refractivity contribution is -0.136. The molecule has 0 heterocycles. The van der Waals surface area contributed by atoms with Crippen LogP contribution in [0.25, 0.3) is 10.8 Å². The van der Waals surface area contributed by atoms with Crippen LogP contribution in [-0.2, 0) is 16.1 Å². The van der Waals surface area contributed by atoms with E-state index in [1.54, 1.807) is 7.11 Å². The number of amides is 2. The molecular formula is C20H17ClN2O4. The molecule has 0 fully saturated rings. The molecule has 0 aromatic heterocycles. The van der Waals surface area contributed by atoms with Crippen molar-refractivity contribution in [2.45, 2.75) is 6.54 Å². The number of halogens is 1. The number of carbonyl (C=O) groups is 2. The molecule has 0 unspecified atom stereocenters. The van der Waals surface area contributed by atoms with E-state index in [0.29, 0.717) is 10.8 Å². The Bertz CT molecular complexity index is 1020. The molecule has 3 aromatic carbocycles. The SMILES string of the molecule is COc1ccc2ccccc2c1CNC(=O)C(=O)Nc1cc(Cl)ccc1O. The van der Waals surface area contributed by atoms with Gasteiger partial charge in [-0.3, -0.25) is 9.59 Å². The summed E-state index contributed by atoms with van der Waals surface area (Å²) in [6, 6.07) is 15.6. The number of benzene rings is 3. The quantitative estimate of drug-likeness (QED) is 0.475. The minimum absolute atomic E-state index is 0.0605. The molecule has 138 valence electrons. The van der Waals surface area contributed by atoms with Gasteiger partial charge < -0.3 is 20.5 Å². The number of methoxy groups -OCH3 is 1. The van der Waals surface area contributed by atoms with Gasteiger partial charge in [0.15, 0.2) is 0 Å². The van der Waals surface area contributed by atoms with E-state index in [1.807, 2.05) is 36.4 Å². The van der Waals surface area contributed by atoms with Crippen molar-refractivity contribution in [1.29, 1.82) is 0 Å². The van der Waals surface area contributed by atoms with Crippen molar-refractivity contribution in [2.75, 3.05) is 12.4 Å². The summed E-state index contributed by atoms with van der Waals surface area (Å²) in [6.07, 6.45) is 0. The predicted octanol–water partition coefficient (Wildman–Crippen LogP) is 3.46. The van der Waals surface area contributed by atoms with E-state index in [1.165, 1.54) is 18.2 Å². The first kappa shape index (κ1) is 18.5. The van der Waals surface area contributed by atoms with Crippen LogP contribution >= 0.6 is 11.6 Å². The first-order valence-electron chi connectivity index (χ1n) is 8.12. The number of ether oxygens (including phenoxy) is 1. The van der Waals surface area contributed by atoms with E-state index in [4.69, 9.17) is 16.3 Å². The second-order valence-corrected chi connectivity index (χ2v) is 6.20. The number of hydrogen-bond donors (Lipinski definition) is 3. The van der Waals surface area contributed by atoms with Crippen molar-refractivity contribution >= 4 is 39.9 Å². The monoisotopic (exact) mass is 384 g/mol. The summed E-state index contributed by atoms with van der Waals surface area (Å²) < 4.78 is 5.37. The first-order chi connectivity index (χ1) is 13.0. The molecule has 3 rings (SSSR count). The average molecular weight is 385 g/mol. The molecule has 0 spiro atoms. The maximum Gasteiger partial charge on any atom is 0.313 e. The fourth-order valence-electron chi connectivity index (χ4n) is 2.73. The van der Waals surface area contributed by atoms with Crippen LogP contribution in [0.1, 0.15) is 5.56 Å². The molecule has 0 atom stereocenters. The van der Waals surface area contributed by atoms with E-state index >= 15 is 0 Å². The second-order valence-electron chi connectivity index (χ2n) is 5.77. The minimum Gasteiger partial charge on any atom is -0.506 e. The molecule has 0 aliphatic heterocycles. The lowest BCUT2D eigenvalue weighted by atomic mass is 10.0. The smallest absolute Gasteiger partial charge is 0.313 e. The number of anilines is 1. The van der Waals surface area contributed by atoms with Crippen molar-refractivity contribution in [2.24, 2.45) is 0 Å². The summed E-state index contributed by atoms with van der Waals surface area (Å²) in [5.41, 5.74) is 0.827. The Morgan fingerprint density at radius 1 is 1.07 bits per heavy atom. The van der Waals surface area contributed by atoms with E-state index in [-0.39, 0.29) is 18.0 Å². The zero-order chi connectivity index (χ0) is 19.4. The largest absolute Gasteiger partial charge is 0.506 e. The van der Waals surface area contributed by atoms with E-state index in [2.05, 4.69) is 10.6 Å². The van der Waals surface area contributed by atoms with Crippen LogP contribution in [0.2, 0.25) is 5.02 Å². The zero-order valence-corrected chi connectivity index (χ0v) is 15.2. The van der Waals surface area contributed by atoms with Gasteiger partial charge in [-0.05, 0) is 35.0 Å². The normalized spacial score (nSPS) is 10.4. The number of carbonyl (C=O) groups excluding carboxylic acids is 2. The van der Waals surface area contributed by atoms with Gasteiger partial charge in [0, 0.05) is 17.1 Å².